The summed E-state index contributed by atoms with van der Waals surface area (Å²) in [5.74, 6) is 0.331. The molecule has 120 valence electrons. The topological polar surface area (TPSA) is 63.4 Å². The van der Waals surface area contributed by atoms with E-state index >= 15 is 0 Å². The van der Waals surface area contributed by atoms with Gasteiger partial charge in [-0.3, -0.25) is 0 Å². The van der Waals surface area contributed by atoms with E-state index in [2.05, 4.69) is 29.8 Å². The van der Waals surface area contributed by atoms with Crippen LogP contribution in [-0.4, -0.2) is 25.8 Å². The predicted molar refractivity (Wildman–Crippen MR) is 90.7 cm³/mol. The number of hydrogen-bond donors (Lipinski definition) is 1. The molecular weight excluding hydrogens is 352 g/mol. The second kappa shape index (κ2) is 7.72. The monoisotopic (exact) mass is 376 g/mol. The van der Waals surface area contributed by atoms with Crippen LogP contribution in [0.4, 0.5) is 0 Å². The van der Waals surface area contributed by atoms with Gasteiger partial charge in [0.1, 0.15) is 0 Å². The van der Waals surface area contributed by atoms with Gasteiger partial charge in [-0.1, -0.05) is 33.3 Å². The molecule has 0 aliphatic rings. The van der Waals surface area contributed by atoms with Gasteiger partial charge in [0, 0.05) is 24.1 Å². The third-order valence-corrected chi connectivity index (χ3v) is 6.98. The average molecular weight is 377 g/mol. The van der Waals surface area contributed by atoms with Crippen molar-refractivity contribution in [2.75, 3.05) is 13.1 Å². The summed E-state index contributed by atoms with van der Waals surface area (Å²) in [4.78, 5) is 0.313. The zero-order valence-corrected chi connectivity index (χ0v) is 15.6. The summed E-state index contributed by atoms with van der Waals surface area (Å²) in [6, 6.07) is 3.58. The molecule has 6 heteroatoms. The lowest BCUT2D eigenvalue weighted by Gasteiger charge is -2.24. The van der Waals surface area contributed by atoms with E-state index in [0.717, 1.165) is 17.5 Å². The largest absolute Gasteiger partial charge is 0.326 e. The summed E-state index contributed by atoms with van der Waals surface area (Å²) in [5, 5.41) is 0. The molecule has 1 atom stereocenters. The Hall–Kier alpha value is -0.430. The van der Waals surface area contributed by atoms with Crippen molar-refractivity contribution in [3.8, 4) is 0 Å². The Labute approximate surface area is 136 Å². The number of benzene rings is 1. The normalized spacial score (nSPS) is 13.7. The Morgan fingerprint density at radius 2 is 1.95 bits per heavy atom. The van der Waals surface area contributed by atoms with Gasteiger partial charge in [-0.2, -0.15) is 4.31 Å². The third kappa shape index (κ3) is 4.28. The third-order valence-electron chi connectivity index (χ3n) is 3.70. The van der Waals surface area contributed by atoms with Gasteiger partial charge in [-0.25, -0.2) is 8.42 Å². The highest BCUT2D eigenvalue weighted by Gasteiger charge is 2.27. The van der Waals surface area contributed by atoms with Crippen LogP contribution >= 0.6 is 15.9 Å². The Bertz CT molecular complexity index is 588. The van der Waals surface area contributed by atoms with Crippen LogP contribution in [0.15, 0.2) is 21.5 Å². The maximum Gasteiger partial charge on any atom is 0.244 e. The van der Waals surface area contributed by atoms with Crippen LogP contribution in [0.2, 0.25) is 0 Å². The van der Waals surface area contributed by atoms with Crippen molar-refractivity contribution in [1.82, 2.24) is 4.31 Å². The van der Waals surface area contributed by atoms with Crippen molar-refractivity contribution in [3.05, 3.63) is 27.7 Å². The highest BCUT2D eigenvalue weighted by molar-refractivity contribution is 9.10. The molecular formula is C15H25BrN2O2S. The van der Waals surface area contributed by atoms with Crippen molar-refractivity contribution in [2.45, 2.75) is 45.6 Å². The van der Waals surface area contributed by atoms with E-state index in [1.165, 1.54) is 0 Å². The molecule has 0 amide bonds. The highest BCUT2D eigenvalue weighted by Crippen LogP contribution is 2.30. The number of sulfonamides is 1. The van der Waals surface area contributed by atoms with Gasteiger partial charge in [0.25, 0.3) is 0 Å². The van der Waals surface area contributed by atoms with Gasteiger partial charge >= 0.3 is 0 Å². The van der Waals surface area contributed by atoms with Crippen LogP contribution < -0.4 is 5.73 Å². The van der Waals surface area contributed by atoms with E-state index in [4.69, 9.17) is 5.73 Å². The molecule has 0 heterocycles. The number of hydrogen-bond acceptors (Lipinski definition) is 3. The first-order valence-corrected chi connectivity index (χ1v) is 9.50. The summed E-state index contributed by atoms with van der Waals surface area (Å²) in [5.41, 5.74) is 7.38. The Kier molecular flexibility index (Phi) is 6.84. The first kappa shape index (κ1) is 18.6. The van der Waals surface area contributed by atoms with Gasteiger partial charge in [0.2, 0.25) is 10.0 Å². The molecule has 1 aromatic carbocycles. The van der Waals surface area contributed by atoms with Crippen LogP contribution in [0.25, 0.3) is 0 Å². The van der Waals surface area contributed by atoms with Gasteiger partial charge in [0.05, 0.1) is 4.90 Å². The molecule has 0 radical (unpaired) electrons. The van der Waals surface area contributed by atoms with Crippen LogP contribution in [-0.2, 0) is 16.6 Å². The number of halogens is 1. The maximum absolute atomic E-state index is 12.9. The van der Waals surface area contributed by atoms with Crippen LogP contribution in [0.1, 0.15) is 38.3 Å². The van der Waals surface area contributed by atoms with Crippen molar-refractivity contribution in [2.24, 2.45) is 11.7 Å². The smallest absolute Gasteiger partial charge is 0.244 e. The predicted octanol–water partition coefficient (Wildman–Crippen LogP) is 3.27. The SMILES string of the molecule is CCC(C)CN(CC)S(=O)(=O)c1cc(CN)cc(C)c1Br. The van der Waals surface area contributed by atoms with E-state index in [9.17, 15) is 8.42 Å². The molecule has 0 aliphatic carbocycles. The first-order chi connectivity index (χ1) is 9.77. The van der Waals surface area contributed by atoms with Crippen LogP contribution in [0.5, 0.6) is 0 Å². The van der Waals surface area contributed by atoms with Crippen molar-refractivity contribution in [1.29, 1.82) is 0 Å². The lowest BCUT2D eigenvalue weighted by Crippen LogP contribution is -2.35. The fraction of sp³-hybridized carbons (Fsp3) is 0.600. The molecule has 0 saturated carbocycles. The standard InChI is InChI=1S/C15H25BrN2O2S/c1-5-11(3)10-18(6-2)21(19,20)14-8-13(9-17)7-12(4)15(14)16/h7-8,11H,5-6,9-10,17H2,1-4H3. The maximum atomic E-state index is 12.9. The minimum Gasteiger partial charge on any atom is -0.326 e. The van der Waals surface area contributed by atoms with E-state index < -0.39 is 10.0 Å². The van der Waals surface area contributed by atoms with Crippen LogP contribution in [0.3, 0.4) is 0 Å². The van der Waals surface area contributed by atoms with Gasteiger partial charge in [0.15, 0.2) is 0 Å². The first-order valence-electron chi connectivity index (χ1n) is 7.27. The summed E-state index contributed by atoms with van der Waals surface area (Å²) >= 11 is 3.41. The summed E-state index contributed by atoms with van der Waals surface area (Å²) in [6.45, 7) is 9.21. The lowest BCUT2D eigenvalue weighted by molar-refractivity contribution is 0.361. The summed E-state index contributed by atoms with van der Waals surface area (Å²) in [6.07, 6.45) is 0.953. The zero-order chi connectivity index (χ0) is 16.2. The second-order valence-corrected chi connectivity index (χ2v) is 8.10. The molecule has 1 unspecified atom stereocenters. The second-order valence-electron chi connectivity index (χ2n) is 5.40. The molecule has 0 saturated heterocycles. The number of nitrogens with two attached hydrogens (primary N) is 1. The van der Waals surface area contributed by atoms with Crippen molar-refractivity contribution < 1.29 is 8.42 Å². The Balaban J connectivity index is 3.31. The Morgan fingerprint density at radius 3 is 2.43 bits per heavy atom. The van der Waals surface area contributed by atoms with Gasteiger partial charge in [-0.15, -0.1) is 0 Å². The molecule has 1 rings (SSSR count). The fourth-order valence-electron chi connectivity index (χ4n) is 2.13. The van der Waals surface area contributed by atoms with Crippen molar-refractivity contribution in [3.63, 3.8) is 0 Å². The van der Waals surface area contributed by atoms with E-state index in [-0.39, 0.29) is 0 Å². The molecule has 0 aliphatic heterocycles. The van der Waals surface area contributed by atoms with E-state index in [1.807, 2.05) is 19.9 Å². The molecule has 0 bridgehead atoms. The van der Waals surface area contributed by atoms with Crippen LogP contribution in [0, 0.1) is 12.8 Å². The average Bonchev–Trinajstić information content (AvgIpc) is 2.46. The number of rotatable bonds is 7. The summed E-state index contributed by atoms with van der Waals surface area (Å²) in [7, 11) is -3.51. The van der Waals surface area contributed by atoms with E-state index in [0.29, 0.717) is 34.9 Å². The molecule has 21 heavy (non-hydrogen) atoms. The molecule has 2 N–H and O–H groups in total. The summed E-state index contributed by atoms with van der Waals surface area (Å²) < 4.78 is 28.0. The lowest BCUT2D eigenvalue weighted by atomic mass is 10.1. The molecule has 0 spiro atoms. The molecule has 4 nitrogen and oxygen atoms in total. The number of aryl methyl sites for hydroxylation is 1. The fourth-order valence-corrected chi connectivity index (χ4v) is 4.73. The molecule has 0 fully saturated rings. The quantitative estimate of drug-likeness (QED) is 0.793. The van der Waals surface area contributed by atoms with E-state index in [1.54, 1.807) is 10.4 Å². The minimum atomic E-state index is -3.51. The van der Waals surface area contributed by atoms with Gasteiger partial charge < -0.3 is 5.73 Å². The van der Waals surface area contributed by atoms with Gasteiger partial charge in [-0.05, 0) is 46.0 Å². The minimum absolute atomic E-state index is 0.313. The number of nitrogens with zero attached hydrogens (tertiary/aromatic N) is 1. The zero-order valence-electron chi connectivity index (χ0n) is 13.2. The van der Waals surface area contributed by atoms with Crippen molar-refractivity contribution >= 4 is 26.0 Å². The Morgan fingerprint density at radius 1 is 1.33 bits per heavy atom. The molecule has 1 aromatic rings. The highest BCUT2D eigenvalue weighted by atomic mass is 79.9. The molecule has 0 aromatic heterocycles.